The SMILES string of the molecule is CCCCCCN(CCCCCC)c1nc(Nc2c(F)cccc2F)nc(Nc2c(F)cccc2F)n1. The lowest BCUT2D eigenvalue weighted by Gasteiger charge is -2.24. The van der Waals surface area contributed by atoms with E-state index in [9.17, 15) is 17.6 Å². The molecule has 0 unspecified atom stereocenters. The summed E-state index contributed by atoms with van der Waals surface area (Å²) >= 11 is 0. The maximum absolute atomic E-state index is 14.3. The Labute approximate surface area is 215 Å². The summed E-state index contributed by atoms with van der Waals surface area (Å²) in [5, 5.41) is 5.16. The van der Waals surface area contributed by atoms with E-state index in [0.29, 0.717) is 13.1 Å². The molecule has 2 N–H and O–H groups in total. The Morgan fingerprint density at radius 3 is 1.38 bits per heavy atom. The van der Waals surface area contributed by atoms with Crippen molar-refractivity contribution in [3.8, 4) is 0 Å². The van der Waals surface area contributed by atoms with Gasteiger partial charge in [-0.1, -0.05) is 64.5 Å². The van der Waals surface area contributed by atoms with E-state index in [-0.39, 0.29) is 17.8 Å². The Kier molecular flexibility index (Phi) is 10.9. The first-order chi connectivity index (χ1) is 17.9. The van der Waals surface area contributed by atoms with E-state index < -0.39 is 34.6 Å². The van der Waals surface area contributed by atoms with Crippen LogP contribution in [0.15, 0.2) is 36.4 Å². The monoisotopic (exact) mass is 518 g/mol. The lowest BCUT2D eigenvalue weighted by atomic mass is 10.2. The lowest BCUT2D eigenvalue weighted by Crippen LogP contribution is -2.28. The summed E-state index contributed by atoms with van der Waals surface area (Å²) in [6.45, 7) is 5.59. The van der Waals surface area contributed by atoms with Crippen LogP contribution in [0.4, 0.5) is 46.8 Å². The van der Waals surface area contributed by atoms with Gasteiger partial charge in [-0.3, -0.25) is 0 Å². The molecule has 1 aromatic heterocycles. The molecule has 0 saturated carbocycles. The fourth-order valence-corrected chi connectivity index (χ4v) is 3.85. The van der Waals surface area contributed by atoms with E-state index in [4.69, 9.17) is 0 Å². The number of benzene rings is 2. The summed E-state index contributed by atoms with van der Waals surface area (Å²) in [6, 6.07) is 6.92. The van der Waals surface area contributed by atoms with Gasteiger partial charge in [0, 0.05) is 13.1 Å². The highest BCUT2D eigenvalue weighted by Gasteiger charge is 2.18. The van der Waals surface area contributed by atoms with E-state index in [1.54, 1.807) is 0 Å². The highest BCUT2D eigenvalue weighted by atomic mass is 19.1. The van der Waals surface area contributed by atoms with Crippen molar-refractivity contribution in [2.24, 2.45) is 0 Å². The molecule has 0 aliphatic rings. The minimum Gasteiger partial charge on any atom is -0.341 e. The third-order valence-corrected chi connectivity index (χ3v) is 5.87. The molecule has 10 heteroatoms. The maximum Gasteiger partial charge on any atom is 0.233 e. The fraction of sp³-hybridized carbons (Fsp3) is 0.444. The first-order valence-electron chi connectivity index (χ1n) is 12.9. The van der Waals surface area contributed by atoms with Crippen LogP contribution in [-0.4, -0.2) is 28.0 Å². The maximum atomic E-state index is 14.3. The molecule has 0 aliphatic carbocycles. The molecule has 3 rings (SSSR count). The van der Waals surface area contributed by atoms with Crippen molar-refractivity contribution in [2.75, 3.05) is 28.6 Å². The van der Waals surface area contributed by atoms with E-state index in [0.717, 1.165) is 75.6 Å². The topological polar surface area (TPSA) is 66.0 Å². The zero-order valence-electron chi connectivity index (χ0n) is 21.3. The van der Waals surface area contributed by atoms with Gasteiger partial charge in [0.15, 0.2) is 0 Å². The van der Waals surface area contributed by atoms with Gasteiger partial charge >= 0.3 is 0 Å². The Morgan fingerprint density at radius 1 is 0.595 bits per heavy atom. The number of para-hydroxylation sites is 2. The van der Waals surface area contributed by atoms with Crippen LogP contribution in [0.3, 0.4) is 0 Å². The largest absolute Gasteiger partial charge is 0.341 e. The van der Waals surface area contributed by atoms with Crippen molar-refractivity contribution < 1.29 is 17.6 Å². The molecule has 37 heavy (non-hydrogen) atoms. The molecule has 0 fully saturated rings. The van der Waals surface area contributed by atoms with E-state index in [1.807, 2.05) is 4.90 Å². The summed E-state index contributed by atoms with van der Waals surface area (Å²) in [5.74, 6) is -3.36. The van der Waals surface area contributed by atoms with Crippen molar-refractivity contribution in [1.82, 2.24) is 15.0 Å². The fourth-order valence-electron chi connectivity index (χ4n) is 3.85. The van der Waals surface area contributed by atoms with Crippen molar-refractivity contribution in [3.05, 3.63) is 59.7 Å². The van der Waals surface area contributed by atoms with Crippen LogP contribution in [0.25, 0.3) is 0 Å². The molecule has 2 aromatic carbocycles. The van der Waals surface area contributed by atoms with Gasteiger partial charge in [0.2, 0.25) is 17.8 Å². The number of nitrogens with zero attached hydrogens (tertiary/aromatic N) is 4. The van der Waals surface area contributed by atoms with Crippen LogP contribution >= 0.6 is 0 Å². The molecule has 6 nitrogen and oxygen atoms in total. The normalized spacial score (nSPS) is 11.0. The second-order valence-electron chi connectivity index (χ2n) is 8.83. The number of halogens is 4. The predicted octanol–water partition coefficient (Wildman–Crippen LogP) is 7.88. The molecule has 1 heterocycles. The van der Waals surface area contributed by atoms with Crippen LogP contribution in [-0.2, 0) is 0 Å². The van der Waals surface area contributed by atoms with Crippen LogP contribution < -0.4 is 15.5 Å². The highest BCUT2D eigenvalue weighted by Crippen LogP contribution is 2.26. The summed E-state index contributed by atoms with van der Waals surface area (Å²) in [7, 11) is 0. The molecule has 0 atom stereocenters. The molecular formula is C27H34F4N6. The van der Waals surface area contributed by atoms with Crippen LogP contribution in [0.2, 0.25) is 0 Å². The number of nitrogens with one attached hydrogen (secondary N) is 2. The molecule has 0 radical (unpaired) electrons. The van der Waals surface area contributed by atoms with Gasteiger partial charge < -0.3 is 15.5 Å². The van der Waals surface area contributed by atoms with Gasteiger partial charge in [0.05, 0.1) is 0 Å². The molecule has 0 aliphatic heterocycles. The van der Waals surface area contributed by atoms with Gasteiger partial charge in [-0.05, 0) is 37.1 Å². The first kappa shape index (κ1) is 28.1. The Hall–Kier alpha value is -3.43. The number of aromatic nitrogens is 3. The predicted molar refractivity (Wildman–Crippen MR) is 140 cm³/mol. The molecule has 0 amide bonds. The van der Waals surface area contributed by atoms with Crippen molar-refractivity contribution in [1.29, 1.82) is 0 Å². The van der Waals surface area contributed by atoms with Gasteiger partial charge in [0.1, 0.15) is 34.6 Å². The van der Waals surface area contributed by atoms with Gasteiger partial charge in [-0.25, -0.2) is 17.6 Å². The Balaban J connectivity index is 1.98. The summed E-state index contributed by atoms with van der Waals surface area (Å²) in [5.41, 5.74) is -0.861. The average molecular weight is 519 g/mol. The van der Waals surface area contributed by atoms with Crippen molar-refractivity contribution in [3.63, 3.8) is 0 Å². The Morgan fingerprint density at radius 2 is 1.00 bits per heavy atom. The minimum atomic E-state index is -0.826. The zero-order chi connectivity index (χ0) is 26.6. The van der Waals surface area contributed by atoms with Gasteiger partial charge in [0.25, 0.3) is 0 Å². The minimum absolute atomic E-state index is 0.152. The van der Waals surface area contributed by atoms with Crippen LogP contribution in [0.5, 0.6) is 0 Å². The number of anilines is 5. The second-order valence-corrected chi connectivity index (χ2v) is 8.83. The quantitative estimate of drug-likeness (QED) is 0.158. The number of hydrogen-bond acceptors (Lipinski definition) is 6. The van der Waals surface area contributed by atoms with Crippen LogP contribution in [0.1, 0.15) is 65.2 Å². The smallest absolute Gasteiger partial charge is 0.233 e. The van der Waals surface area contributed by atoms with E-state index >= 15 is 0 Å². The highest BCUT2D eigenvalue weighted by molar-refractivity contribution is 5.61. The van der Waals surface area contributed by atoms with Crippen LogP contribution in [0, 0.1) is 23.3 Å². The van der Waals surface area contributed by atoms with E-state index in [2.05, 4.69) is 39.4 Å². The standard InChI is InChI=1S/C27H34F4N6/c1-3-5-7-9-17-37(18-10-8-6-4-2)27-35-25(32-23-19(28)13-11-14-20(23)29)34-26(36-27)33-24-21(30)15-12-16-22(24)31/h11-16H,3-10,17-18H2,1-2H3,(H2,32,33,34,35,36). The van der Waals surface area contributed by atoms with Crippen molar-refractivity contribution >= 4 is 29.2 Å². The molecule has 0 bridgehead atoms. The number of unbranched alkanes of at least 4 members (excludes halogenated alkanes) is 6. The molecule has 0 saturated heterocycles. The van der Waals surface area contributed by atoms with Gasteiger partial charge in [-0.2, -0.15) is 15.0 Å². The molecular weight excluding hydrogens is 484 g/mol. The number of hydrogen-bond donors (Lipinski definition) is 2. The zero-order valence-corrected chi connectivity index (χ0v) is 21.3. The van der Waals surface area contributed by atoms with Crippen molar-refractivity contribution in [2.45, 2.75) is 65.2 Å². The number of rotatable bonds is 15. The molecule has 0 spiro atoms. The third kappa shape index (κ3) is 8.30. The summed E-state index contributed by atoms with van der Waals surface area (Å²) in [6.07, 6.45) is 8.25. The summed E-state index contributed by atoms with van der Waals surface area (Å²) < 4.78 is 57.3. The summed E-state index contributed by atoms with van der Waals surface area (Å²) in [4.78, 5) is 15.0. The molecule has 200 valence electrons. The Bertz CT molecular complexity index is 1020. The second kappa shape index (κ2) is 14.3. The van der Waals surface area contributed by atoms with Gasteiger partial charge in [-0.15, -0.1) is 0 Å². The lowest BCUT2D eigenvalue weighted by molar-refractivity contribution is 0.589. The third-order valence-electron chi connectivity index (χ3n) is 5.87. The molecule has 3 aromatic rings. The van der Waals surface area contributed by atoms with E-state index in [1.165, 1.54) is 12.1 Å². The first-order valence-corrected chi connectivity index (χ1v) is 12.9. The average Bonchev–Trinajstić information content (AvgIpc) is 2.87.